The van der Waals surface area contributed by atoms with Crippen molar-refractivity contribution >= 4 is 29.0 Å². The second kappa shape index (κ2) is 8.03. The van der Waals surface area contributed by atoms with Gasteiger partial charge in [-0.05, 0) is 37.5 Å². The molecule has 3 N–H and O–H groups in total. The summed E-state index contributed by atoms with van der Waals surface area (Å²) >= 11 is 0. The molecule has 2 aromatic rings. The molecule has 7 heteroatoms. The summed E-state index contributed by atoms with van der Waals surface area (Å²) in [5.41, 5.74) is 2.73. The Morgan fingerprint density at radius 2 is 2.19 bits per heavy atom. The molecule has 2 heterocycles. The minimum atomic E-state index is -0.399. The molecule has 0 spiro atoms. The molecule has 0 saturated heterocycles. The van der Waals surface area contributed by atoms with Gasteiger partial charge in [0.2, 0.25) is 11.8 Å². The molecule has 2 amide bonds. The van der Waals surface area contributed by atoms with Gasteiger partial charge in [-0.25, -0.2) is 0 Å². The maximum Gasteiger partial charge on any atom is 0.248 e. The van der Waals surface area contributed by atoms with E-state index in [0.29, 0.717) is 24.4 Å². The first kappa shape index (κ1) is 18.0. The highest BCUT2D eigenvalue weighted by atomic mass is 16.5. The summed E-state index contributed by atoms with van der Waals surface area (Å²) in [7, 11) is 0. The Hall–Kier alpha value is -2.83. The lowest BCUT2D eigenvalue weighted by Gasteiger charge is -2.21. The number of hydrogen-bond acceptors (Lipinski definition) is 5. The molecule has 1 unspecified atom stereocenters. The van der Waals surface area contributed by atoms with Gasteiger partial charge in [0.25, 0.3) is 0 Å². The summed E-state index contributed by atoms with van der Waals surface area (Å²) in [6.45, 7) is 3.86. The highest BCUT2D eigenvalue weighted by Crippen LogP contribution is 2.26. The van der Waals surface area contributed by atoms with E-state index in [1.54, 1.807) is 13.0 Å². The number of unbranched alkanes of at least 4 members (excludes halogenated alkanes) is 1. The molecule has 1 aliphatic heterocycles. The number of benzene rings is 1. The number of hydrogen-bond donors (Lipinski definition) is 3. The van der Waals surface area contributed by atoms with Gasteiger partial charge in [-0.3, -0.25) is 9.59 Å². The molecule has 1 aliphatic rings. The van der Waals surface area contributed by atoms with Crippen LogP contribution in [0, 0.1) is 6.92 Å². The van der Waals surface area contributed by atoms with E-state index >= 15 is 0 Å². The van der Waals surface area contributed by atoms with Crippen molar-refractivity contribution in [1.82, 2.24) is 5.16 Å². The Morgan fingerprint density at radius 3 is 2.92 bits per heavy atom. The van der Waals surface area contributed by atoms with Crippen molar-refractivity contribution in [2.24, 2.45) is 0 Å². The third kappa shape index (κ3) is 4.41. The molecule has 26 heavy (non-hydrogen) atoms. The van der Waals surface area contributed by atoms with Crippen molar-refractivity contribution < 1.29 is 14.1 Å². The third-order valence-corrected chi connectivity index (χ3v) is 4.39. The van der Waals surface area contributed by atoms with Crippen LogP contribution >= 0.6 is 0 Å². The van der Waals surface area contributed by atoms with Crippen LogP contribution < -0.4 is 16.0 Å². The van der Waals surface area contributed by atoms with Crippen molar-refractivity contribution in [1.29, 1.82) is 0 Å². The molecule has 0 fully saturated rings. The Morgan fingerprint density at radius 1 is 1.35 bits per heavy atom. The van der Waals surface area contributed by atoms with Crippen LogP contribution in [0.4, 0.5) is 17.2 Å². The van der Waals surface area contributed by atoms with Crippen LogP contribution in [0.3, 0.4) is 0 Å². The molecular formula is C19H24N4O3. The fourth-order valence-corrected chi connectivity index (χ4v) is 2.98. The van der Waals surface area contributed by atoms with Crippen LogP contribution in [-0.2, 0) is 16.0 Å². The van der Waals surface area contributed by atoms with Gasteiger partial charge in [-0.15, -0.1) is 0 Å². The van der Waals surface area contributed by atoms with Crippen LogP contribution in [0.15, 0.2) is 28.8 Å². The highest BCUT2D eigenvalue weighted by molar-refractivity contribution is 5.97. The molecule has 1 aromatic heterocycles. The number of fused-ring (bicyclic) bond motifs is 1. The normalized spacial score (nSPS) is 14.3. The summed E-state index contributed by atoms with van der Waals surface area (Å²) in [5, 5.41) is 12.8. The van der Waals surface area contributed by atoms with Crippen molar-refractivity contribution in [2.75, 3.05) is 16.0 Å². The summed E-state index contributed by atoms with van der Waals surface area (Å²) in [6, 6.07) is 7.11. The number of carbonyl (C=O) groups excluding carboxylic acids is 2. The van der Waals surface area contributed by atoms with E-state index in [0.717, 1.165) is 36.2 Å². The van der Waals surface area contributed by atoms with Gasteiger partial charge in [-0.1, -0.05) is 31.0 Å². The maximum absolute atomic E-state index is 12.6. The number of nitrogens with one attached hydrogen (secondary N) is 3. The zero-order valence-corrected chi connectivity index (χ0v) is 15.1. The fraction of sp³-hybridized carbons (Fsp3) is 0.421. The van der Waals surface area contributed by atoms with E-state index in [4.69, 9.17) is 4.52 Å². The van der Waals surface area contributed by atoms with Gasteiger partial charge in [0.1, 0.15) is 11.8 Å². The Kier molecular flexibility index (Phi) is 5.55. The zero-order valence-electron chi connectivity index (χ0n) is 15.1. The van der Waals surface area contributed by atoms with E-state index in [1.807, 2.05) is 18.2 Å². The van der Waals surface area contributed by atoms with E-state index in [2.05, 4.69) is 28.0 Å². The van der Waals surface area contributed by atoms with Crippen LogP contribution in [0.5, 0.6) is 0 Å². The van der Waals surface area contributed by atoms with E-state index in [9.17, 15) is 9.59 Å². The Bertz CT molecular complexity index is 800. The molecule has 1 atom stereocenters. The third-order valence-electron chi connectivity index (χ3n) is 4.39. The molecule has 3 rings (SSSR count). The van der Waals surface area contributed by atoms with Gasteiger partial charge in [-0.2, -0.15) is 0 Å². The summed E-state index contributed by atoms with van der Waals surface area (Å²) in [6.07, 6.45) is 3.87. The summed E-state index contributed by atoms with van der Waals surface area (Å²) < 4.78 is 4.99. The van der Waals surface area contributed by atoms with Crippen LogP contribution in [-0.4, -0.2) is 23.0 Å². The van der Waals surface area contributed by atoms with Crippen LogP contribution in [0.2, 0.25) is 0 Å². The van der Waals surface area contributed by atoms with Gasteiger partial charge < -0.3 is 20.5 Å². The summed E-state index contributed by atoms with van der Waals surface area (Å²) in [5.74, 6) is 0.919. The maximum atomic E-state index is 12.6. The molecule has 1 aromatic carbocycles. The van der Waals surface area contributed by atoms with Gasteiger partial charge in [0.15, 0.2) is 5.82 Å². The van der Waals surface area contributed by atoms with Crippen LogP contribution in [0.1, 0.15) is 43.9 Å². The smallest absolute Gasteiger partial charge is 0.248 e. The second-order valence-electron chi connectivity index (χ2n) is 6.57. The van der Waals surface area contributed by atoms with Crippen molar-refractivity contribution in [3.8, 4) is 0 Å². The fourth-order valence-electron chi connectivity index (χ4n) is 2.98. The monoisotopic (exact) mass is 356 g/mol. The van der Waals surface area contributed by atoms with E-state index < -0.39 is 6.04 Å². The number of aryl methyl sites for hydroxylation is 2. The van der Waals surface area contributed by atoms with Crippen molar-refractivity contribution in [2.45, 2.75) is 52.0 Å². The standard InChI is InChI=1S/C19H24N4O3/c1-3-4-5-15(19(25)22-17-10-12(2)26-23-17)20-14-8-6-13-7-9-18(24)21-16(13)11-14/h6,8,10-11,15,20H,3-5,7,9H2,1-2H3,(H,21,24)(H,22,23,25). The molecule has 0 radical (unpaired) electrons. The molecular weight excluding hydrogens is 332 g/mol. The SMILES string of the molecule is CCCCC(Nc1ccc2c(c1)NC(=O)CC2)C(=O)Nc1cc(C)on1. The average Bonchev–Trinajstić information content (AvgIpc) is 3.02. The first-order valence-corrected chi connectivity index (χ1v) is 8.98. The Balaban J connectivity index is 1.72. The zero-order chi connectivity index (χ0) is 18.5. The first-order chi connectivity index (χ1) is 12.5. The Labute approximate surface area is 152 Å². The number of rotatable bonds is 7. The van der Waals surface area contributed by atoms with Crippen molar-refractivity contribution in [3.05, 3.63) is 35.6 Å². The predicted octanol–water partition coefficient (Wildman–Crippen LogP) is 3.48. The second-order valence-corrected chi connectivity index (χ2v) is 6.57. The first-order valence-electron chi connectivity index (χ1n) is 8.98. The number of carbonyl (C=O) groups is 2. The quantitative estimate of drug-likeness (QED) is 0.706. The molecule has 0 aliphatic carbocycles. The number of anilines is 3. The van der Waals surface area contributed by atoms with Gasteiger partial charge >= 0.3 is 0 Å². The highest BCUT2D eigenvalue weighted by Gasteiger charge is 2.21. The minimum absolute atomic E-state index is 0.0244. The molecule has 7 nitrogen and oxygen atoms in total. The number of aromatic nitrogens is 1. The van der Waals surface area contributed by atoms with E-state index in [-0.39, 0.29) is 11.8 Å². The lowest BCUT2D eigenvalue weighted by atomic mass is 10.0. The predicted molar refractivity (Wildman–Crippen MR) is 100 cm³/mol. The van der Waals surface area contributed by atoms with E-state index in [1.165, 1.54) is 0 Å². The van der Waals surface area contributed by atoms with Gasteiger partial charge in [0, 0.05) is 23.9 Å². The van der Waals surface area contributed by atoms with Crippen LogP contribution in [0.25, 0.3) is 0 Å². The molecule has 0 bridgehead atoms. The lowest BCUT2D eigenvalue weighted by molar-refractivity contribution is -0.117. The molecule has 0 saturated carbocycles. The number of amides is 2. The van der Waals surface area contributed by atoms with Crippen molar-refractivity contribution in [3.63, 3.8) is 0 Å². The number of nitrogens with zero attached hydrogens (tertiary/aromatic N) is 1. The lowest BCUT2D eigenvalue weighted by Crippen LogP contribution is -2.35. The minimum Gasteiger partial charge on any atom is -0.374 e. The average molecular weight is 356 g/mol. The topological polar surface area (TPSA) is 96.3 Å². The molecule has 138 valence electrons. The summed E-state index contributed by atoms with van der Waals surface area (Å²) in [4.78, 5) is 24.3. The largest absolute Gasteiger partial charge is 0.374 e. The van der Waals surface area contributed by atoms with Gasteiger partial charge in [0.05, 0.1) is 0 Å².